The molecule has 1 fully saturated rings. The minimum absolute atomic E-state index is 0.0382. The maximum atomic E-state index is 12.8. The van der Waals surface area contributed by atoms with Crippen molar-refractivity contribution in [3.63, 3.8) is 0 Å². The Morgan fingerprint density at radius 2 is 2.12 bits per heavy atom. The molecule has 130 valence electrons. The quantitative estimate of drug-likeness (QED) is 0.714. The van der Waals surface area contributed by atoms with Crippen LogP contribution in [-0.2, 0) is 13.6 Å². The number of aliphatic hydroxyl groups is 2. The first-order valence-electron chi connectivity index (χ1n) is 7.53. The highest BCUT2D eigenvalue weighted by Gasteiger charge is 2.35. The molecule has 10 heteroatoms. The molecule has 9 nitrogen and oxygen atoms in total. The zero-order valence-electron chi connectivity index (χ0n) is 13.4. The van der Waals surface area contributed by atoms with Crippen LogP contribution in [0.5, 0.6) is 0 Å². The van der Waals surface area contributed by atoms with Gasteiger partial charge in [0.25, 0.3) is 5.56 Å². The van der Waals surface area contributed by atoms with Crippen LogP contribution in [0.4, 0.5) is 0 Å². The van der Waals surface area contributed by atoms with E-state index in [-0.39, 0.29) is 29.3 Å². The van der Waals surface area contributed by atoms with Gasteiger partial charge in [-0.3, -0.25) is 18.6 Å². The number of hydrogen-bond acceptors (Lipinski definition) is 7. The second-order valence-electron chi connectivity index (χ2n) is 5.89. The standard InChI is InChI=1S/C14H19N5O4S/c1-8-4-18(12-3-10(21)11(7-20)24-12)14(23)19(13(8)22)6-9-5-17(2)16-15-9/h4-5,10-12,20-21H,3,6-7H2,1-2H3/t10?,11-,12?/m1/s1/i2-1. The average Bonchev–Trinajstić information content (AvgIpc) is 3.12. The molecule has 3 heterocycles. The fraction of sp³-hybridized carbons (Fsp3) is 0.571. The summed E-state index contributed by atoms with van der Waals surface area (Å²) in [5.74, 6) is 0. The molecule has 0 saturated carbocycles. The van der Waals surface area contributed by atoms with Crippen molar-refractivity contribution in [1.29, 1.82) is 0 Å². The summed E-state index contributed by atoms with van der Waals surface area (Å²) in [5, 5.41) is 26.3. The van der Waals surface area contributed by atoms with Gasteiger partial charge in [0.2, 0.25) is 0 Å². The zero-order valence-corrected chi connectivity index (χ0v) is 14.2. The molecule has 24 heavy (non-hydrogen) atoms. The number of rotatable bonds is 4. The Morgan fingerprint density at radius 3 is 2.71 bits per heavy atom. The SMILES string of the molecule is Cc1cn(C2CC(O)[C@@H](CO)S2)c(=O)n(Cc2cn([11CH3])nn2)c1=O. The maximum Gasteiger partial charge on any atom is 0.332 e. The van der Waals surface area contributed by atoms with Crippen LogP contribution in [0, 0.1) is 6.92 Å². The maximum absolute atomic E-state index is 12.8. The first-order chi connectivity index (χ1) is 11.4. The van der Waals surface area contributed by atoms with E-state index in [0.29, 0.717) is 17.7 Å². The molecular formula is C14H19N5O4S. The van der Waals surface area contributed by atoms with Crippen LogP contribution in [0.3, 0.4) is 0 Å². The second-order valence-corrected chi connectivity index (χ2v) is 7.31. The Bertz CT molecular complexity index is 858. The summed E-state index contributed by atoms with van der Waals surface area (Å²) in [6.07, 6.45) is 2.83. The number of hydrogen-bond donors (Lipinski definition) is 2. The van der Waals surface area contributed by atoms with Crippen molar-refractivity contribution in [3.05, 3.63) is 44.5 Å². The number of nitrogens with zero attached hydrogens (tertiary/aromatic N) is 5. The third kappa shape index (κ3) is 3.04. The number of aliphatic hydroxyl groups excluding tert-OH is 2. The van der Waals surface area contributed by atoms with Crippen LogP contribution in [0.15, 0.2) is 22.0 Å². The molecule has 1 saturated heterocycles. The van der Waals surface area contributed by atoms with Crippen molar-refractivity contribution in [2.24, 2.45) is 7.05 Å². The molecule has 0 aliphatic carbocycles. The zero-order chi connectivity index (χ0) is 17.4. The Labute approximate surface area is 141 Å². The van der Waals surface area contributed by atoms with Crippen molar-refractivity contribution in [1.82, 2.24) is 24.1 Å². The van der Waals surface area contributed by atoms with E-state index in [2.05, 4.69) is 10.3 Å². The van der Waals surface area contributed by atoms with Crippen molar-refractivity contribution >= 4 is 11.8 Å². The fourth-order valence-electron chi connectivity index (χ4n) is 2.78. The topological polar surface area (TPSA) is 115 Å². The fourth-order valence-corrected chi connectivity index (χ4v) is 4.16. The minimum Gasteiger partial charge on any atom is -0.395 e. The molecule has 0 bridgehead atoms. The summed E-state index contributed by atoms with van der Waals surface area (Å²) >= 11 is 1.34. The summed E-state index contributed by atoms with van der Waals surface area (Å²) in [7, 11) is 1.71. The van der Waals surface area contributed by atoms with Gasteiger partial charge in [-0.2, -0.15) is 0 Å². The summed E-state index contributed by atoms with van der Waals surface area (Å²) in [6.45, 7) is 1.52. The van der Waals surface area contributed by atoms with Gasteiger partial charge in [0.05, 0.1) is 29.9 Å². The molecule has 2 N–H and O–H groups in total. The van der Waals surface area contributed by atoms with Crippen molar-refractivity contribution in [3.8, 4) is 0 Å². The lowest BCUT2D eigenvalue weighted by Gasteiger charge is -2.16. The van der Waals surface area contributed by atoms with Crippen LogP contribution in [0.2, 0.25) is 0 Å². The van der Waals surface area contributed by atoms with Crippen LogP contribution < -0.4 is 11.2 Å². The number of aryl methyl sites for hydroxylation is 2. The van der Waals surface area contributed by atoms with Gasteiger partial charge >= 0.3 is 5.69 Å². The predicted octanol–water partition coefficient (Wildman–Crippen LogP) is -1.15. The summed E-state index contributed by atoms with van der Waals surface area (Å²) in [4.78, 5) is 25.1. The Morgan fingerprint density at radius 1 is 1.38 bits per heavy atom. The molecule has 1 aliphatic rings. The van der Waals surface area contributed by atoms with Crippen molar-refractivity contribution < 1.29 is 10.2 Å². The van der Waals surface area contributed by atoms with Gasteiger partial charge in [0.15, 0.2) is 0 Å². The van der Waals surface area contributed by atoms with Gasteiger partial charge in [-0.1, -0.05) is 5.21 Å². The lowest BCUT2D eigenvalue weighted by atomic mass is 10.2. The monoisotopic (exact) mass is 352 g/mol. The first-order valence-corrected chi connectivity index (χ1v) is 8.47. The second kappa shape index (κ2) is 6.54. The molecule has 0 amide bonds. The average molecular weight is 352 g/mol. The van der Waals surface area contributed by atoms with Gasteiger partial charge in [-0.05, 0) is 6.92 Å². The molecule has 3 atom stereocenters. The Hall–Kier alpha value is -1.91. The van der Waals surface area contributed by atoms with E-state index in [1.54, 1.807) is 20.2 Å². The molecule has 0 aromatic carbocycles. The van der Waals surface area contributed by atoms with Gasteiger partial charge in [0, 0.05) is 31.4 Å². The van der Waals surface area contributed by atoms with Crippen LogP contribution in [0.25, 0.3) is 0 Å². The summed E-state index contributed by atoms with van der Waals surface area (Å²) in [5.41, 5.74) is 0.117. The highest BCUT2D eigenvalue weighted by atomic mass is 32.2. The summed E-state index contributed by atoms with van der Waals surface area (Å²) < 4.78 is 4.08. The molecular weight excluding hydrogens is 333 g/mol. The lowest BCUT2D eigenvalue weighted by molar-refractivity contribution is 0.137. The van der Waals surface area contributed by atoms with Crippen LogP contribution in [0.1, 0.15) is 23.1 Å². The number of thioether (sulfide) groups is 1. The summed E-state index contributed by atoms with van der Waals surface area (Å²) in [6, 6.07) is 0. The molecule has 1 aliphatic heterocycles. The van der Waals surface area contributed by atoms with Crippen LogP contribution >= 0.6 is 11.8 Å². The minimum atomic E-state index is -0.683. The smallest absolute Gasteiger partial charge is 0.332 e. The highest BCUT2D eigenvalue weighted by Crippen LogP contribution is 2.40. The molecule has 0 radical (unpaired) electrons. The van der Waals surface area contributed by atoms with E-state index in [0.717, 1.165) is 4.57 Å². The van der Waals surface area contributed by atoms with Crippen LogP contribution in [-0.4, -0.2) is 52.3 Å². The normalized spacial score (nSPS) is 23.8. The third-order valence-corrected chi connectivity index (χ3v) is 5.58. The van der Waals surface area contributed by atoms with E-state index in [4.69, 9.17) is 0 Å². The first kappa shape index (κ1) is 16.9. The van der Waals surface area contributed by atoms with Gasteiger partial charge in [-0.15, -0.1) is 16.9 Å². The largest absolute Gasteiger partial charge is 0.395 e. The Kier molecular flexibility index (Phi) is 4.61. The van der Waals surface area contributed by atoms with Crippen molar-refractivity contribution in [2.75, 3.05) is 6.61 Å². The molecule has 3 rings (SSSR count). The molecule has 2 unspecified atom stereocenters. The van der Waals surface area contributed by atoms with Gasteiger partial charge < -0.3 is 10.2 Å². The van der Waals surface area contributed by atoms with Gasteiger partial charge in [0.1, 0.15) is 5.69 Å². The van der Waals surface area contributed by atoms with Crippen molar-refractivity contribution in [2.45, 2.75) is 36.6 Å². The Balaban J connectivity index is 2.00. The van der Waals surface area contributed by atoms with E-state index in [1.165, 1.54) is 27.2 Å². The van der Waals surface area contributed by atoms with Gasteiger partial charge in [-0.25, -0.2) is 4.79 Å². The number of aromatic nitrogens is 5. The predicted molar refractivity (Wildman–Crippen MR) is 87.9 cm³/mol. The lowest BCUT2D eigenvalue weighted by Crippen LogP contribution is -2.41. The van der Waals surface area contributed by atoms with E-state index >= 15 is 0 Å². The molecule has 0 spiro atoms. The van der Waals surface area contributed by atoms with E-state index in [9.17, 15) is 19.8 Å². The third-order valence-electron chi connectivity index (χ3n) is 4.03. The van der Waals surface area contributed by atoms with E-state index in [1.807, 2.05) is 0 Å². The van der Waals surface area contributed by atoms with E-state index < -0.39 is 11.8 Å². The highest BCUT2D eigenvalue weighted by molar-refractivity contribution is 8.00. The molecule has 2 aromatic rings. The molecule has 2 aromatic heterocycles.